The molecule has 0 radical (unpaired) electrons. The van der Waals surface area contributed by atoms with E-state index < -0.39 is 0 Å². The number of hydrogen-bond acceptors (Lipinski definition) is 6. The topological polar surface area (TPSA) is 75.9 Å². The zero-order valence-corrected chi connectivity index (χ0v) is 10.2. The van der Waals surface area contributed by atoms with Gasteiger partial charge in [0.15, 0.2) is 11.6 Å². The Labute approximate surface area is 104 Å². The lowest BCUT2D eigenvalue weighted by Crippen LogP contribution is -2.09. The fourth-order valence-corrected chi connectivity index (χ4v) is 1.94. The number of nitrogen functional groups attached to an aromatic ring is 1. The van der Waals surface area contributed by atoms with E-state index in [9.17, 15) is 0 Å². The van der Waals surface area contributed by atoms with E-state index in [0.29, 0.717) is 11.6 Å². The molecule has 0 fully saturated rings. The van der Waals surface area contributed by atoms with E-state index in [0.717, 1.165) is 10.6 Å². The Morgan fingerprint density at radius 3 is 2.71 bits per heavy atom. The highest BCUT2D eigenvalue weighted by Gasteiger charge is 2.02. The summed E-state index contributed by atoms with van der Waals surface area (Å²) < 4.78 is 0. The van der Waals surface area contributed by atoms with Crippen LogP contribution in [0.4, 0.5) is 17.3 Å². The van der Waals surface area contributed by atoms with Crippen LogP contribution in [-0.4, -0.2) is 16.2 Å². The number of para-hydroxylation sites is 1. The molecular formula is C11H13N5S. The van der Waals surface area contributed by atoms with Crippen molar-refractivity contribution < 1.29 is 0 Å². The third-order valence-corrected chi connectivity index (χ3v) is 2.95. The van der Waals surface area contributed by atoms with Gasteiger partial charge in [0.2, 0.25) is 0 Å². The van der Waals surface area contributed by atoms with Gasteiger partial charge in [-0.25, -0.2) is 10.8 Å². The molecule has 5 nitrogen and oxygen atoms in total. The lowest BCUT2D eigenvalue weighted by molar-refractivity contribution is 1.15. The second-order valence-electron chi connectivity index (χ2n) is 3.26. The van der Waals surface area contributed by atoms with E-state index >= 15 is 0 Å². The summed E-state index contributed by atoms with van der Waals surface area (Å²) in [5.74, 6) is 6.46. The Balaban J connectivity index is 2.24. The molecule has 0 saturated heterocycles. The number of rotatable bonds is 4. The summed E-state index contributed by atoms with van der Waals surface area (Å²) in [6.45, 7) is 0. The average Bonchev–Trinajstić information content (AvgIpc) is 2.39. The largest absolute Gasteiger partial charge is 0.338 e. The molecule has 0 aliphatic heterocycles. The number of nitrogens with zero attached hydrogens (tertiary/aromatic N) is 2. The van der Waals surface area contributed by atoms with E-state index in [2.05, 4.69) is 20.7 Å². The van der Waals surface area contributed by atoms with Gasteiger partial charge in [0.25, 0.3) is 0 Å². The van der Waals surface area contributed by atoms with E-state index in [-0.39, 0.29) is 0 Å². The molecule has 2 rings (SSSR count). The fraction of sp³-hybridized carbons (Fsp3) is 0.0909. The number of hydrazine groups is 1. The van der Waals surface area contributed by atoms with Crippen LogP contribution in [0.15, 0.2) is 41.6 Å². The summed E-state index contributed by atoms with van der Waals surface area (Å²) >= 11 is 1.67. The number of hydrogen-bond donors (Lipinski definition) is 3. The number of nitrogens with two attached hydrogens (primary N) is 1. The van der Waals surface area contributed by atoms with Gasteiger partial charge in [0, 0.05) is 4.90 Å². The van der Waals surface area contributed by atoms with Gasteiger partial charge in [-0.3, -0.25) is 4.98 Å². The first-order valence-corrected chi connectivity index (χ1v) is 6.24. The molecule has 0 unspecified atom stereocenters. The minimum Gasteiger partial charge on any atom is -0.338 e. The second kappa shape index (κ2) is 5.51. The molecule has 1 aromatic carbocycles. The second-order valence-corrected chi connectivity index (χ2v) is 4.11. The van der Waals surface area contributed by atoms with E-state index in [1.165, 1.54) is 0 Å². The first-order valence-electron chi connectivity index (χ1n) is 5.02. The van der Waals surface area contributed by atoms with Crippen LogP contribution in [-0.2, 0) is 0 Å². The van der Waals surface area contributed by atoms with Crippen molar-refractivity contribution in [3.63, 3.8) is 0 Å². The molecule has 0 saturated carbocycles. The van der Waals surface area contributed by atoms with Gasteiger partial charge in [0.1, 0.15) is 0 Å². The summed E-state index contributed by atoms with van der Waals surface area (Å²) in [5, 5.41) is 3.21. The molecule has 4 N–H and O–H groups in total. The van der Waals surface area contributed by atoms with Crippen LogP contribution in [0.25, 0.3) is 0 Å². The van der Waals surface area contributed by atoms with Crippen LogP contribution < -0.4 is 16.6 Å². The minimum absolute atomic E-state index is 0.525. The third kappa shape index (κ3) is 2.86. The Bertz CT molecular complexity index is 503. The summed E-state index contributed by atoms with van der Waals surface area (Å²) in [6.07, 6.45) is 5.24. The Hall–Kier alpha value is -1.79. The van der Waals surface area contributed by atoms with Crippen molar-refractivity contribution in [2.45, 2.75) is 4.90 Å². The molecule has 1 aromatic heterocycles. The maximum absolute atomic E-state index is 5.28. The van der Waals surface area contributed by atoms with Crippen LogP contribution in [0.2, 0.25) is 0 Å². The highest BCUT2D eigenvalue weighted by Crippen LogP contribution is 2.26. The molecular weight excluding hydrogens is 234 g/mol. The van der Waals surface area contributed by atoms with Gasteiger partial charge < -0.3 is 10.7 Å². The number of nitrogens with one attached hydrogen (secondary N) is 2. The first-order chi connectivity index (χ1) is 8.33. The number of benzene rings is 1. The highest BCUT2D eigenvalue weighted by molar-refractivity contribution is 7.98. The molecule has 0 atom stereocenters. The van der Waals surface area contributed by atoms with Gasteiger partial charge >= 0.3 is 0 Å². The Morgan fingerprint density at radius 1 is 1.18 bits per heavy atom. The van der Waals surface area contributed by atoms with Gasteiger partial charge in [0.05, 0.1) is 18.1 Å². The number of aromatic nitrogens is 2. The summed E-state index contributed by atoms with van der Waals surface area (Å²) in [5.41, 5.74) is 3.47. The van der Waals surface area contributed by atoms with Crippen LogP contribution in [0, 0.1) is 0 Å². The maximum atomic E-state index is 5.28. The zero-order chi connectivity index (χ0) is 12.1. The van der Waals surface area contributed by atoms with Crippen molar-refractivity contribution in [2.75, 3.05) is 17.0 Å². The Morgan fingerprint density at radius 2 is 1.94 bits per heavy atom. The lowest BCUT2D eigenvalue weighted by atomic mass is 10.3. The highest BCUT2D eigenvalue weighted by atomic mass is 32.2. The summed E-state index contributed by atoms with van der Waals surface area (Å²) in [6, 6.07) is 8.02. The van der Waals surface area contributed by atoms with Crippen molar-refractivity contribution in [2.24, 2.45) is 5.84 Å². The van der Waals surface area contributed by atoms with Crippen molar-refractivity contribution in [1.82, 2.24) is 9.97 Å². The third-order valence-electron chi connectivity index (χ3n) is 2.15. The molecule has 0 amide bonds. The molecule has 0 aliphatic rings. The van der Waals surface area contributed by atoms with Crippen LogP contribution in [0.1, 0.15) is 0 Å². The predicted octanol–water partition coefficient (Wildman–Crippen LogP) is 2.23. The van der Waals surface area contributed by atoms with Gasteiger partial charge in [-0.05, 0) is 18.4 Å². The Kier molecular flexibility index (Phi) is 3.79. The summed E-state index contributed by atoms with van der Waals surface area (Å²) in [7, 11) is 0. The lowest BCUT2D eigenvalue weighted by Gasteiger charge is -2.09. The van der Waals surface area contributed by atoms with Crippen molar-refractivity contribution in [1.29, 1.82) is 0 Å². The molecule has 0 spiro atoms. The molecule has 0 bridgehead atoms. The average molecular weight is 247 g/mol. The molecule has 0 aliphatic carbocycles. The minimum atomic E-state index is 0.525. The van der Waals surface area contributed by atoms with Crippen LogP contribution >= 0.6 is 11.8 Å². The van der Waals surface area contributed by atoms with Gasteiger partial charge in [-0.15, -0.1) is 11.8 Å². The molecule has 2 aromatic rings. The zero-order valence-electron chi connectivity index (χ0n) is 9.34. The van der Waals surface area contributed by atoms with Crippen LogP contribution in [0.3, 0.4) is 0 Å². The number of anilines is 3. The van der Waals surface area contributed by atoms with E-state index in [4.69, 9.17) is 5.84 Å². The quantitative estimate of drug-likeness (QED) is 0.437. The molecule has 1 heterocycles. The first kappa shape index (κ1) is 11.7. The predicted molar refractivity (Wildman–Crippen MR) is 71.3 cm³/mol. The standard InChI is InChI=1S/C11H13N5S/c1-17-9-5-3-2-4-8(9)14-10-6-13-7-11(15-10)16-12/h2-7H,12H2,1H3,(H2,14,15,16). The van der Waals surface area contributed by atoms with Gasteiger partial charge in [-0.2, -0.15) is 0 Å². The van der Waals surface area contributed by atoms with Crippen molar-refractivity contribution in [3.8, 4) is 0 Å². The summed E-state index contributed by atoms with van der Waals surface area (Å²) in [4.78, 5) is 9.43. The number of thioether (sulfide) groups is 1. The monoisotopic (exact) mass is 247 g/mol. The van der Waals surface area contributed by atoms with E-state index in [1.807, 2.05) is 30.5 Å². The molecule has 88 valence electrons. The van der Waals surface area contributed by atoms with E-state index in [1.54, 1.807) is 24.2 Å². The normalized spacial score (nSPS) is 10.0. The van der Waals surface area contributed by atoms with Crippen molar-refractivity contribution in [3.05, 3.63) is 36.7 Å². The van der Waals surface area contributed by atoms with Crippen molar-refractivity contribution >= 4 is 29.1 Å². The maximum Gasteiger partial charge on any atom is 0.160 e. The van der Waals surface area contributed by atoms with Crippen LogP contribution in [0.5, 0.6) is 0 Å². The molecule has 17 heavy (non-hydrogen) atoms. The smallest absolute Gasteiger partial charge is 0.160 e. The van der Waals surface area contributed by atoms with Gasteiger partial charge in [-0.1, -0.05) is 12.1 Å². The fourth-order valence-electron chi connectivity index (χ4n) is 1.38. The molecule has 6 heteroatoms. The SMILES string of the molecule is CSc1ccccc1Nc1cncc(NN)n1.